The molecule has 0 bridgehead atoms. The van der Waals surface area contributed by atoms with E-state index in [4.69, 9.17) is 11.6 Å². The van der Waals surface area contributed by atoms with Crippen LogP contribution >= 0.6 is 23.4 Å². The second-order valence-corrected chi connectivity index (χ2v) is 9.52. The molecule has 1 fully saturated rings. The number of amides is 1. The Morgan fingerprint density at radius 3 is 2.52 bits per heavy atom. The lowest BCUT2D eigenvalue weighted by Crippen LogP contribution is -3.09. The van der Waals surface area contributed by atoms with Crippen LogP contribution in [0, 0.1) is 0 Å². The van der Waals surface area contributed by atoms with Crippen LogP contribution in [-0.2, 0) is 21.2 Å². The van der Waals surface area contributed by atoms with E-state index < -0.39 is 21.3 Å². The number of carbonyl (C=O) groups excluding carboxylic acids is 1. The van der Waals surface area contributed by atoms with Crippen LogP contribution in [0.15, 0.2) is 29.2 Å². The van der Waals surface area contributed by atoms with Crippen molar-refractivity contribution in [3.05, 3.63) is 29.8 Å². The van der Waals surface area contributed by atoms with Gasteiger partial charge in [-0.25, -0.2) is 8.42 Å². The third-order valence-corrected chi connectivity index (χ3v) is 6.88. The molecular weight excluding hydrogens is 356 g/mol. The second-order valence-electron chi connectivity index (χ2n) is 5.93. The lowest BCUT2D eigenvalue weighted by molar-refractivity contribution is -0.885. The van der Waals surface area contributed by atoms with Crippen molar-refractivity contribution in [3.63, 3.8) is 0 Å². The average molecular weight is 378 g/mol. The van der Waals surface area contributed by atoms with E-state index in [1.165, 1.54) is 4.90 Å². The normalized spacial score (nSPS) is 24.3. The van der Waals surface area contributed by atoms with Gasteiger partial charge in [0.15, 0.2) is 16.4 Å². The van der Waals surface area contributed by atoms with Gasteiger partial charge in [-0.3, -0.25) is 4.79 Å². The van der Waals surface area contributed by atoms with Gasteiger partial charge >= 0.3 is 0 Å². The van der Waals surface area contributed by atoms with Crippen LogP contribution in [0.3, 0.4) is 0 Å². The number of benzene rings is 1. The van der Waals surface area contributed by atoms with Crippen molar-refractivity contribution in [2.24, 2.45) is 0 Å². The van der Waals surface area contributed by atoms with Crippen LogP contribution < -0.4 is 10.2 Å². The van der Waals surface area contributed by atoms with E-state index in [2.05, 4.69) is 29.6 Å². The van der Waals surface area contributed by atoms with Crippen LogP contribution in [-0.4, -0.2) is 57.1 Å². The first-order valence-corrected chi connectivity index (χ1v) is 10.9. The predicted octanol–water partition coefficient (Wildman–Crippen LogP) is -0.0562. The van der Waals surface area contributed by atoms with E-state index in [0.717, 1.165) is 17.0 Å². The molecule has 0 spiro atoms. The number of alkyl halides is 1. The Morgan fingerprint density at radius 1 is 1.35 bits per heavy atom. The highest BCUT2D eigenvalue weighted by Gasteiger charge is 2.37. The molecule has 0 aromatic heterocycles. The molecule has 0 saturated carbocycles. The summed E-state index contributed by atoms with van der Waals surface area (Å²) >= 11 is 7.69. The maximum atomic E-state index is 12.1. The van der Waals surface area contributed by atoms with Crippen molar-refractivity contribution in [2.75, 3.05) is 31.4 Å². The molecule has 2 rings (SSSR count). The van der Waals surface area contributed by atoms with Crippen molar-refractivity contribution in [3.8, 4) is 0 Å². The first kappa shape index (κ1) is 18.6. The molecule has 128 valence electrons. The monoisotopic (exact) mass is 377 g/mol. The fourth-order valence-corrected chi connectivity index (χ4v) is 5.58. The van der Waals surface area contributed by atoms with Gasteiger partial charge in [-0.05, 0) is 18.4 Å². The molecule has 23 heavy (non-hydrogen) atoms. The zero-order valence-electron chi connectivity index (χ0n) is 13.2. The fourth-order valence-electron chi connectivity index (χ4n) is 2.62. The Balaban J connectivity index is 1.82. The number of sulfone groups is 1. The molecule has 1 aliphatic rings. The Labute approximate surface area is 146 Å². The lowest BCUT2D eigenvalue weighted by Gasteiger charge is -2.17. The van der Waals surface area contributed by atoms with Gasteiger partial charge in [-0.2, -0.15) is 0 Å². The smallest absolute Gasteiger partial charge is 0.275 e. The zero-order valence-corrected chi connectivity index (χ0v) is 15.6. The molecule has 1 unspecified atom stereocenters. The minimum absolute atomic E-state index is 0.0655. The van der Waals surface area contributed by atoms with Gasteiger partial charge in [-0.15, -0.1) is 23.4 Å². The molecule has 8 heteroatoms. The van der Waals surface area contributed by atoms with Gasteiger partial charge in [0.2, 0.25) is 0 Å². The van der Waals surface area contributed by atoms with Gasteiger partial charge in [-0.1, -0.05) is 12.1 Å². The predicted molar refractivity (Wildman–Crippen MR) is 93.9 cm³/mol. The number of carbonyl (C=O) groups is 1. The number of rotatable bonds is 6. The maximum Gasteiger partial charge on any atom is 0.275 e. The fraction of sp³-hybridized carbons (Fsp3) is 0.533. The Hall–Kier alpha value is -0.760. The summed E-state index contributed by atoms with van der Waals surface area (Å²) in [6.45, 7) is 1.01. The van der Waals surface area contributed by atoms with Crippen molar-refractivity contribution in [1.29, 1.82) is 0 Å². The van der Waals surface area contributed by atoms with E-state index in [0.29, 0.717) is 0 Å². The van der Waals surface area contributed by atoms with Crippen molar-refractivity contribution in [2.45, 2.75) is 22.9 Å². The number of likely N-dealkylation sites (N-methyl/N-ethyl adjacent to an activating group) is 1. The summed E-state index contributed by atoms with van der Waals surface area (Å²) in [4.78, 5) is 14.3. The van der Waals surface area contributed by atoms with E-state index in [1.807, 2.05) is 13.3 Å². The first-order valence-electron chi connectivity index (χ1n) is 7.37. The Bertz CT molecular complexity index is 649. The van der Waals surface area contributed by atoms with Gasteiger partial charge < -0.3 is 10.2 Å². The summed E-state index contributed by atoms with van der Waals surface area (Å²) in [6.07, 6.45) is 2.03. The van der Waals surface area contributed by atoms with Gasteiger partial charge in [0.1, 0.15) is 6.54 Å². The first-order chi connectivity index (χ1) is 10.8. The largest absolute Gasteiger partial charge is 0.346 e. The van der Waals surface area contributed by atoms with E-state index in [-0.39, 0.29) is 24.0 Å². The summed E-state index contributed by atoms with van der Waals surface area (Å²) in [6, 6.07) is 7.77. The minimum Gasteiger partial charge on any atom is -0.346 e. The highest BCUT2D eigenvalue weighted by molar-refractivity contribution is 7.98. The minimum atomic E-state index is -3.13. The van der Waals surface area contributed by atoms with Gasteiger partial charge in [0.25, 0.3) is 5.91 Å². The van der Waals surface area contributed by atoms with Crippen LogP contribution in [0.25, 0.3) is 0 Å². The molecule has 2 N–H and O–H groups in total. The number of thioether (sulfide) groups is 1. The molecule has 1 amide bonds. The molecule has 1 aromatic rings. The lowest BCUT2D eigenvalue weighted by atomic mass is 10.2. The average Bonchev–Trinajstić information content (AvgIpc) is 2.71. The molecule has 1 saturated heterocycles. The molecule has 5 nitrogen and oxygen atoms in total. The quantitative estimate of drug-likeness (QED) is 0.538. The molecule has 0 aliphatic carbocycles. The standard InChI is InChI=1S/C15H21ClN2O3S2/c1-18(7-11-3-5-12(22-2)6-4-11)8-15(19)17-14-10-23(20,21)9-13(14)16/h3-6,13-14H,7-10H2,1-2H3,(H,17,19)/p+1/t13-,14-/m0/s1. The number of nitrogens with one attached hydrogen (secondary N) is 2. The molecule has 1 aromatic carbocycles. The summed E-state index contributed by atoms with van der Waals surface area (Å²) in [5, 5.41) is 2.21. The van der Waals surface area contributed by atoms with E-state index in [1.54, 1.807) is 11.8 Å². The van der Waals surface area contributed by atoms with Gasteiger partial charge in [0.05, 0.1) is 30.0 Å². The summed E-state index contributed by atoms with van der Waals surface area (Å²) in [5.74, 6) is -0.303. The van der Waals surface area contributed by atoms with Crippen molar-refractivity contribution >= 4 is 39.1 Å². The van der Waals surface area contributed by atoms with Crippen LogP contribution in [0.2, 0.25) is 0 Å². The van der Waals surface area contributed by atoms with E-state index in [9.17, 15) is 13.2 Å². The molecular formula is C15H22ClN2O3S2+. The second kappa shape index (κ2) is 7.88. The van der Waals surface area contributed by atoms with Gasteiger partial charge in [0, 0.05) is 10.5 Å². The Morgan fingerprint density at radius 2 is 2.00 bits per heavy atom. The van der Waals surface area contributed by atoms with Crippen LogP contribution in [0.4, 0.5) is 0 Å². The molecule has 3 atom stereocenters. The van der Waals surface area contributed by atoms with Crippen molar-refractivity contribution in [1.82, 2.24) is 5.32 Å². The van der Waals surface area contributed by atoms with E-state index >= 15 is 0 Å². The number of quaternary nitrogens is 1. The number of hydrogen-bond donors (Lipinski definition) is 2. The zero-order chi connectivity index (χ0) is 17.0. The summed E-state index contributed by atoms with van der Waals surface area (Å²) < 4.78 is 23.0. The topological polar surface area (TPSA) is 67.7 Å². The molecule has 0 radical (unpaired) electrons. The highest BCUT2D eigenvalue weighted by atomic mass is 35.5. The number of halogens is 1. The summed E-state index contributed by atoms with van der Waals surface area (Å²) in [7, 11) is -1.19. The summed E-state index contributed by atoms with van der Waals surface area (Å²) in [5.41, 5.74) is 1.16. The Kier molecular flexibility index (Phi) is 6.36. The van der Waals surface area contributed by atoms with Crippen LogP contribution in [0.5, 0.6) is 0 Å². The maximum absolute atomic E-state index is 12.1. The highest BCUT2D eigenvalue weighted by Crippen LogP contribution is 2.17. The molecule has 1 heterocycles. The number of hydrogen-bond acceptors (Lipinski definition) is 4. The third kappa shape index (κ3) is 5.67. The SMILES string of the molecule is CSc1ccc(C[NH+](C)CC(=O)N[C@H]2CS(=O)(=O)C[C@@H]2Cl)cc1. The third-order valence-electron chi connectivity index (χ3n) is 3.76. The van der Waals surface area contributed by atoms with Crippen molar-refractivity contribution < 1.29 is 18.1 Å². The molecule has 1 aliphatic heterocycles. The van der Waals surface area contributed by atoms with Crippen LogP contribution in [0.1, 0.15) is 5.56 Å².